The molecule has 0 aliphatic carbocycles. The van der Waals surface area contributed by atoms with E-state index >= 15 is 0 Å². The van der Waals surface area contributed by atoms with Crippen molar-refractivity contribution in [2.45, 2.75) is 13.5 Å². The van der Waals surface area contributed by atoms with E-state index in [-0.39, 0.29) is 23.1 Å². The second-order valence-corrected chi connectivity index (χ2v) is 8.25. The third kappa shape index (κ3) is 4.80. The van der Waals surface area contributed by atoms with Gasteiger partial charge in [-0.1, -0.05) is 24.3 Å². The quantitative estimate of drug-likeness (QED) is 0.739. The van der Waals surface area contributed by atoms with Gasteiger partial charge in [-0.25, -0.2) is 13.2 Å². The molecular weight excluding hydrogens is 382 g/mol. The number of para-hydroxylation sites is 1. The summed E-state index contributed by atoms with van der Waals surface area (Å²) in [6.07, 6.45) is -0.355. The molecule has 0 atom stereocenters. The number of ether oxygens (including phenoxy) is 1. The maximum Gasteiger partial charge on any atom is 0.410 e. The lowest BCUT2D eigenvalue weighted by molar-refractivity contribution is 0.102. The minimum atomic E-state index is -3.51. The molecule has 1 heterocycles. The normalized spacial score (nSPS) is 13.9. The van der Waals surface area contributed by atoms with Crippen LogP contribution in [-0.4, -0.2) is 44.2 Å². The Kier molecular flexibility index (Phi) is 5.84. The molecule has 2 N–H and O–H groups in total. The van der Waals surface area contributed by atoms with Crippen LogP contribution >= 0.6 is 0 Å². The van der Waals surface area contributed by atoms with Gasteiger partial charge in [0.2, 0.25) is 10.0 Å². The van der Waals surface area contributed by atoms with Crippen LogP contribution in [0.5, 0.6) is 0 Å². The highest BCUT2D eigenvalue weighted by molar-refractivity contribution is 7.92. The van der Waals surface area contributed by atoms with Gasteiger partial charge in [0.1, 0.15) is 6.61 Å². The van der Waals surface area contributed by atoms with E-state index in [4.69, 9.17) is 4.74 Å². The molecule has 1 aliphatic rings. The maximum absolute atomic E-state index is 12.7. The van der Waals surface area contributed by atoms with Crippen molar-refractivity contribution in [3.8, 4) is 0 Å². The second kappa shape index (κ2) is 8.30. The molecule has 1 fully saturated rings. The van der Waals surface area contributed by atoms with E-state index in [0.29, 0.717) is 25.4 Å². The lowest BCUT2D eigenvalue weighted by atomic mass is 10.1. The van der Waals surface area contributed by atoms with Crippen LogP contribution in [0.25, 0.3) is 0 Å². The number of anilines is 2. The number of nitrogens with zero attached hydrogens (tertiary/aromatic N) is 1. The number of rotatable bonds is 7. The molecule has 0 radical (unpaired) electrons. The van der Waals surface area contributed by atoms with E-state index in [2.05, 4.69) is 10.0 Å². The van der Waals surface area contributed by atoms with Crippen LogP contribution in [0.1, 0.15) is 22.8 Å². The number of hydrogen-bond acceptors (Lipinski definition) is 5. The van der Waals surface area contributed by atoms with Crippen LogP contribution in [0, 0.1) is 0 Å². The van der Waals surface area contributed by atoms with Gasteiger partial charge in [0, 0.05) is 12.2 Å². The largest absolute Gasteiger partial charge is 0.448 e. The van der Waals surface area contributed by atoms with Crippen LogP contribution in [0.3, 0.4) is 0 Å². The van der Waals surface area contributed by atoms with Gasteiger partial charge in [0.15, 0.2) is 0 Å². The number of sulfonamides is 1. The number of nitrogens with one attached hydrogen (secondary N) is 2. The zero-order chi connectivity index (χ0) is 20.1. The van der Waals surface area contributed by atoms with Crippen molar-refractivity contribution in [2.75, 3.05) is 28.9 Å². The molecular formula is C19H21N3O5S. The van der Waals surface area contributed by atoms with Gasteiger partial charge in [-0.2, -0.15) is 0 Å². The van der Waals surface area contributed by atoms with Crippen molar-refractivity contribution in [1.82, 2.24) is 4.90 Å². The molecule has 1 saturated heterocycles. The molecule has 2 amide bonds. The molecule has 0 spiro atoms. The van der Waals surface area contributed by atoms with Crippen LogP contribution < -0.4 is 10.0 Å². The van der Waals surface area contributed by atoms with E-state index in [0.717, 1.165) is 5.56 Å². The highest BCUT2D eigenvalue weighted by atomic mass is 32.2. The zero-order valence-electron chi connectivity index (χ0n) is 15.3. The average Bonchev–Trinajstić information content (AvgIpc) is 3.07. The fraction of sp³-hybridized carbons (Fsp3) is 0.263. The van der Waals surface area contributed by atoms with E-state index in [1.54, 1.807) is 41.3 Å². The van der Waals surface area contributed by atoms with Crippen molar-refractivity contribution in [1.29, 1.82) is 0 Å². The highest BCUT2D eigenvalue weighted by Gasteiger charge is 2.22. The summed E-state index contributed by atoms with van der Waals surface area (Å²) in [6.45, 7) is 2.81. The molecule has 0 unspecified atom stereocenters. The molecule has 0 aromatic heterocycles. The Labute approximate surface area is 163 Å². The molecule has 148 valence electrons. The van der Waals surface area contributed by atoms with Crippen molar-refractivity contribution >= 4 is 33.4 Å². The van der Waals surface area contributed by atoms with E-state index < -0.39 is 15.9 Å². The SMILES string of the molecule is CCS(=O)(=O)Nc1ccccc1C(=O)Nc1cccc(CN2CCOC2=O)c1. The van der Waals surface area contributed by atoms with Gasteiger partial charge in [0.25, 0.3) is 5.91 Å². The standard InChI is InChI=1S/C19H21N3O5S/c1-2-28(25,26)21-17-9-4-3-8-16(17)18(23)20-15-7-5-6-14(12-15)13-22-10-11-27-19(22)24/h3-9,12,21H,2,10-11,13H2,1H3,(H,20,23). The van der Waals surface area contributed by atoms with Gasteiger partial charge >= 0.3 is 6.09 Å². The topological polar surface area (TPSA) is 105 Å². The average molecular weight is 403 g/mol. The van der Waals surface area contributed by atoms with Crippen molar-refractivity contribution in [3.05, 3.63) is 59.7 Å². The molecule has 28 heavy (non-hydrogen) atoms. The lowest BCUT2D eigenvalue weighted by Crippen LogP contribution is -2.23. The Morgan fingerprint density at radius 1 is 1.18 bits per heavy atom. The minimum Gasteiger partial charge on any atom is -0.448 e. The van der Waals surface area contributed by atoms with Crippen LogP contribution in [0.4, 0.5) is 16.2 Å². The summed E-state index contributed by atoms with van der Waals surface area (Å²) in [6, 6.07) is 13.5. The molecule has 0 saturated carbocycles. The van der Waals surface area contributed by atoms with Gasteiger partial charge in [-0.15, -0.1) is 0 Å². The summed E-state index contributed by atoms with van der Waals surface area (Å²) in [4.78, 5) is 25.8. The predicted molar refractivity (Wildman–Crippen MR) is 106 cm³/mol. The maximum atomic E-state index is 12.7. The predicted octanol–water partition coefficient (Wildman–Crippen LogP) is 2.65. The fourth-order valence-electron chi connectivity index (χ4n) is 2.75. The van der Waals surface area contributed by atoms with Crippen LogP contribution in [0.15, 0.2) is 48.5 Å². The number of cyclic esters (lactones) is 1. The summed E-state index contributed by atoms with van der Waals surface area (Å²) in [5.74, 6) is -0.531. The highest BCUT2D eigenvalue weighted by Crippen LogP contribution is 2.20. The first-order valence-electron chi connectivity index (χ1n) is 8.79. The molecule has 9 heteroatoms. The number of benzene rings is 2. The monoisotopic (exact) mass is 403 g/mol. The fourth-order valence-corrected chi connectivity index (χ4v) is 3.40. The van der Waals surface area contributed by atoms with E-state index in [9.17, 15) is 18.0 Å². The molecule has 1 aliphatic heterocycles. The summed E-state index contributed by atoms with van der Waals surface area (Å²) in [5.41, 5.74) is 1.82. The third-order valence-electron chi connectivity index (χ3n) is 4.22. The number of hydrogen-bond donors (Lipinski definition) is 2. The summed E-state index contributed by atoms with van der Waals surface area (Å²) in [5, 5.41) is 2.77. The Bertz CT molecular complexity index is 991. The summed E-state index contributed by atoms with van der Waals surface area (Å²) >= 11 is 0. The van der Waals surface area contributed by atoms with E-state index in [1.807, 2.05) is 6.07 Å². The third-order valence-corrected chi connectivity index (χ3v) is 5.51. The smallest absolute Gasteiger partial charge is 0.410 e. The first-order valence-corrected chi connectivity index (χ1v) is 10.4. The minimum absolute atomic E-state index is 0.0933. The first kappa shape index (κ1) is 19.7. The lowest BCUT2D eigenvalue weighted by Gasteiger charge is -2.14. The first-order chi connectivity index (χ1) is 13.4. The zero-order valence-corrected chi connectivity index (χ0v) is 16.2. The molecule has 3 rings (SSSR count). The Morgan fingerprint density at radius 3 is 2.68 bits per heavy atom. The molecule has 2 aromatic carbocycles. The molecule has 2 aromatic rings. The van der Waals surface area contributed by atoms with Crippen LogP contribution in [0.2, 0.25) is 0 Å². The van der Waals surface area contributed by atoms with Gasteiger partial charge in [-0.05, 0) is 36.8 Å². The van der Waals surface area contributed by atoms with Crippen LogP contribution in [-0.2, 0) is 21.3 Å². The Hall–Kier alpha value is -3.07. The Balaban J connectivity index is 1.75. The van der Waals surface area contributed by atoms with Crippen molar-refractivity contribution < 1.29 is 22.7 Å². The van der Waals surface area contributed by atoms with Gasteiger partial charge in [-0.3, -0.25) is 9.52 Å². The van der Waals surface area contributed by atoms with E-state index in [1.165, 1.54) is 13.0 Å². The number of carbonyl (C=O) groups excluding carboxylic acids is 2. The summed E-state index contributed by atoms with van der Waals surface area (Å²) in [7, 11) is -3.51. The van der Waals surface area contributed by atoms with Crippen molar-refractivity contribution in [3.63, 3.8) is 0 Å². The number of carbonyl (C=O) groups is 2. The summed E-state index contributed by atoms with van der Waals surface area (Å²) < 4.78 is 31.0. The van der Waals surface area contributed by atoms with Gasteiger partial charge < -0.3 is 15.0 Å². The van der Waals surface area contributed by atoms with Gasteiger partial charge in [0.05, 0.1) is 23.5 Å². The number of amides is 2. The Morgan fingerprint density at radius 2 is 1.96 bits per heavy atom. The second-order valence-electron chi connectivity index (χ2n) is 6.24. The van der Waals surface area contributed by atoms with Crippen molar-refractivity contribution in [2.24, 2.45) is 0 Å². The molecule has 8 nitrogen and oxygen atoms in total. The molecule has 0 bridgehead atoms.